The molecule has 0 saturated carbocycles. The standard InChI is InChI=1S/C16H15ClN2O4/c17-11-3-4-12-10(6-11)9-23-14(13-2-1-5-19(12)13)7-15(20)18-8-16(21)22/h1-6,14H,7-9H2,(H,18,20)(H,21,22)/t14-/m0/s1. The van der Waals surface area contributed by atoms with Gasteiger partial charge in [0.1, 0.15) is 12.6 Å². The van der Waals surface area contributed by atoms with Crippen LogP contribution in [0.2, 0.25) is 5.02 Å². The highest BCUT2D eigenvalue weighted by atomic mass is 35.5. The van der Waals surface area contributed by atoms with Gasteiger partial charge in [-0.3, -0.25) is 9.59 Å². The minimum absolute atomic E-state index is 0.0546. The lowest BCUT2D eigenvalue weighted by Gasteiger charge is -2.16. The molecule has 2 aromatic rings. The second-order valence-electron chi connectivity index (χ2n) is 5.25. The van der Waals surface area contributed by atoms with Crippen LogP contribution in [0, 0.1) is 0 Å². The number of fused-ring (bicyclic) bond motifs is 3. The molecular formula is C16H15ClN2O4. The number of benzene rings is 1. The van der Waals surface area contributed by atoms with Gasteiger partial charge in [0.2, 0.25) is 5.91 Å². The second kappa shape index (κ2) is 6.44. The van der Waals surface area contributed by atoms with Crippen molar-refractivity contribution in [3.05, 3.63) is 52.8 Å². The van der Waals surface area contributed by atoms with Crippen LogP contribution in [0.15, 0.2) is 36.5 Å². The first-order valence-corrected chi connectivity index (χ1v) is 7.48. The maximum absolute atomic E-state index is 11.9. The number of aliphatic carboxylic acids is 1. The Bertz CT molecular complexity index is 756. The third kappa shape index (κ3) is 3.38. The highest BCUT2D eigenvalue weighted by molar-refractivity contribution is 6.30. The van der Waals surface area contributed by atoms with Gasteiger partial charge in [-0.1, -0.05) is 11.6 Å². The van der Waals surface area contributed by atoms with Gasteiger partial charge in [0.05, 0.1) is 24.4 Å². The second-order valence-corrected chi connectivity index (χ2v) is 5.69. The van der Waals surface area contributed by atoms with Gasteiger partial charge in [0, 0.05) is 16.8 Å². The molecule has 3 rings (SSSR count). The minimum atomic E-state index is -1.08. The van der Waals surface area contributed by atoms with Crippen LogP contribution < -0.4 is 5.32 Å². The van der Waals surface area contributed by atoms with E-state index < -0.39 is 18.6 Å². The SMILES string of the molecule is O=C(O)CNC(=O)C[C@@H]1OCc2cc(Cl)ccc2-n2cccc21. The molecule has 0 radical (unpaired) electrons. The van der Waals surface area contributed by atoms with E-state index in [-0.39, 0.29) is 12.3 Å². The Kier molecular flexibility index (Phi) is 4.36. The monoisotopic (exact) mass is 334 g/mol. The molecule has 1 atom stereocenters. The number of hydrogen-bond acceptors (Lipinski definition) is 3. The van der Waals surface area contributed by atoms with E-state index in [9.17, 15) is 9.59 Å². The molecule has 1 aromatic heterocycles. The van der Waals surface area contributed by atoms with Gasteiger partial charge in [-0.05, 0) is 30.3 Å². The number of hydrogen-bond donors (Lipinski definition) is 2. The summed E-state index contributed by atoms with van der Waals surface area (Å²) >= 11 is 6.04. The smallest absolute Gasteiger partial charge is 0.322 e. The molecule has 0 aliphatic carbocycles. The van der Waals surface area contributed by atoms with E-state index in [0.717, 1.165) is 16.9 Å². The summed E-state index contributed by atoms with van der Waals surface area (Å²) in [5.74, 6) is -1.44. The number of amides is 1. The molecule has 1 aliphatic heterocycles. The summed E-state index contributed by atoms with van der Waals surface area (Å²) in [7, 11) is 0. The molecule has 0 bridgehead atoms. The summed E-state index contributed by atoms with van der Waals surface area (Å²) < 4.78 is 7.83. The van der Waals surface area contributed by atoms with Crippen LogP contribution in [-0.2, 0) is 20.9 Å². The van der Waals surface area contributed by atoms with Crippen LogP contribution in [0.4, 0.5) is 0 Å². The molecule has 1 aliphatic rings. The zero-order chi connectivity index (χ0) is 16.4. The van der Waals surface area contributed by atoms with E-state index >= 15 is 0 Å². The van der Waals surface area contributed by atoms with E-state index in [2.05, 4.69) is 5.32 Å². The van der Waals surface area contributed by atoms with Crippen molar-refractivity contribution in [1.29, 1.82) is 0 Å². The number of nitrogens with zero attached hydrogens (tertiary/aromatic N) is 1. The fourth-order valence-electron chi connectivity index (χ4n) is 2.63. The molecule has 0 fully saturated rings. The molecule has 0 unspecified atom stereocenters. The van der Waals surface area contributed by atoms with Crippen molar-refractivity contribution in [3.8, 4) is 5.69 Å². The van der Waals surface area contributed by atoms with Crippen LogP contribution in [-0.4, -0.2) is 28.1 Å². The Hall–Kier alpha value is -2.31. The first-order valence-electron chi connectivity index (χ1n) is 7.11. The van der Waals surface area contributed by atoms with Gasteiger partial charge < -0.3 is 19.7 Å². The summed E-state index contributed by atoms with van der Waals surface area (Å²) in [5.41, 5.74) is 2.74. The number of nitrogens with one attached hydrogen (secondary N) is 1. The number of carboxylic acid groups (broad SMARTS) is 1. The average Bonchev–Trinajstić information content (AvgIpc) is 2.94. The minimum Gasteiger partial charge on any atom is -0.480 e. The largest absolute Gasteiger partial charge is 0.480 e. The van der Waals surface area contributed by atoms with Crippen molar-refractivity contribution >= 4 is 23.5 Å². The molecule has 0 saturated heterocycles. The molecule has 7 heteroatoms. The number of halogens is 1. The maximum Gasteiger partial charge on any atom is 0.322 e. The average molecular weight is 335 g/mol. The molecular weight excluding hydrogens is 320 g/mol. The highest BCUT2D eigenvalue weighted by Gasteiger charge is 2.25. The fraction of sp³-hybridized carbons (Fsp3) is 0.250. The topological polar surface area (TPSA) is 80.6 Å². The van der Waals surface area contributed by atoms with Crippen molar-refractivity contribution in [2.75, 3.05) is 6.54 Å². The van der Waals surface area contributed by atoms with E-state index in [1.54, 1.807) is 0 Å². The molecule has 120 valence electrons. The van der Waals surface area contributed by atoms with Crippen molar-refractivity contribution in [1.82, 2.24) is 9.88 Å². The number of aromatic nitrogens is 1. The normalized spacial score (nSPS) is 16.1. The van der Waals surface area contributed by atoms with Crippen molar-refractivity contribution in [2.45, 2.75) is 19.1 Å². The quantitative estimate of drug-likeness (QED) is 0.899. The summed E-state index contributed by atoms with van der Waals surface area (Å²) in [6, 6.07) is 9.33. The van der Waals surface area contributed by atoms with Crippen LogP contribution in [0.3, 0.4) is 0 Å². The summed E-state index contributed by atoms with van der Waals surface area (Å²) in [6.07, 6.45) is 1.50. The maximum atomic E-state index is 11.9. The van der Waals surface area contributed by atoms with Gasteiger partial charge in [-0.2, -0.15) is 0 Å². The zero-order valence-corrected chi connectivity index (χ0v) is 12.9. The van der Waals surface area contributed by atoms with Gasteiger partial charge in [0.15, 0.2) is 0 Å². The van der Waals surface area contributed by atoms with Gasteiger partial charge in [0.25, 0.3) is 0 Å². The fourth-order valence-corrected chi connectivity index (χ4v) is 2.83. The molecule has 2 heterocycles. The Balaban J connectivity index is 1.84. The highest BCUT2D eigenvalue weighted by Crippen LogP contribution is 2.32. The van der Waals surface area contributed by atoms with E-state index in [1.807, 2.05) is 41.1 Å². The summed E-state index contributed by atoms with van der Waals surface area (Å²) in [4.78, 5) is 22.4. The lowest BCUT2D eigenvalue weighted by Crippen LogP contribution is -2.30. The Morgan fingerprint density at radius 2 is 2.22 bits per heavy atom. The van der Waals surface area contributed by atoms with Gasteiger partial charge >= 0.3 is 5.97 Å². The van der Waals surface area contributed by atoms with Crippen molar-refractivity contribution in [3.63, 3.8) is 0 Å². The molecule has 0 spiro atoms. The van der Waals surface area contributed by atoms with Crippen LogP contribution in [0.1, 0.15) is 23.8 Å². The van der Waals surface area contributed by atoms with Crippen LogP contribution in [0.25, 0.3) is 5.69 Å². The first kappa shape index (κ1) is 15.6. The molecule has 1 aromatic carbocycles. The zero-order valence-electron chi connectivity index (χ0n) is 12.2. The molecule has 6 nitrogen and oxygen atoms in total. The number of ether oxygens (including phenoxy) is 1. The molecule has 23 heavy (non-hydrogen) atoms. The summed E-state index contributed by atoms with van der Waals surface area (Å²) in [6.45, 7) is -0.0726. The summed E-state index contributed by atoms with van der Waals surface area (Å²) in [5, 5.41) is 11.6. The molecule has 2 N–H and O–H groups in total. The van der Waals surface area contributed by atoms with E-state index in [1.165, 1.54) is 0 Å². The third-order valence-electron chi connectivity index (χ3n) is 3.66. The number of carbonyl (C=O) groups excluding carboxylic acids is 1. The molecule has 1 amide bonds. The first-order chi connectivity index (χ1) is 11.0. The predicted molar refractivity (Wildman–Crippen MR) is 83.6 cm³/mol. The van der Waals surface area contributed by atoms with Gasteiger partial charge in [-0.25, -0.2) is 0 Å². The lowest BCUT2D eigenvalue weighted by molar-refractivity contribution is -0.138. The number of carbonyl (C=O) groups is 2. The van der Waals surface area contributed by atoms with Crippen LogP contribution in [0.5, 0.6) is 0 Å². The van der Waals surface area contributed by atoms with Crippen LogP contribution >= 0.6 is 11.6 Å². The van der Waals surface area contributed by atoms with E-state index in [4.69, 9.17) is 21.4 Å². The van der Waals surface area contributed by atoms with Crippen molar-refractivity contribution in [2.24, 2.45) is 0 Å². The number of carboxylic acids is 1. The number of rotatable bonds is 4. The van der Waals surface area contributed by atoms with E-state index in [0.29, 0.717) is 11.6 Å². The third-order valence-corrected chi connectivity index (χ3v) is 3.89. The Morgan fingerprint density at radius 3 is 3.00 bits per heavy atom. The Morgan fingerprint density at radius 1 is 1.39 bits per heavy atom. The Labute approximate surface area is 137 Å². The lowest BCUT2D eigenvalue weighted by atomic mass is 10.1. The van der Waals surface area contributed by atoms with Gasteiger partial charge in [-0.15, -0.1) is 0 Å². The van der Waals surface area contributed by atoms with Crippen molar-refractivity contribution < 1.29 is 19.4 Å². The predicted octanol–water partition coefficient (Wildman–Crippen LogP) is 2.29.